The number of amides is 1. The van der Waals surface area contributed by atoms with E-state index < -0.39 is 6.10 Å². The van der Waals surface area contributed by atoms with Crippen LogP contribution in [0.5, 0.6) is 0 Å². The van der Waals surface area contributed by atoms with Crippen molar-refractivity contribution in [3.05, 3.63) is 53.4 Å². The molecule has 0 spiro atoms. The molecule has 25 heavy (non-hydrogen) atoms. The highest BCUT2D eigenvalue weighted by atomic mass is 16.5. The number of nitrogens with zero attached hydrogens (tertiary/aromatic N) is 4. The van der Waals surface area contributed by atoms with Gasteiger partial charge in [-0.05, 0) is 19.1 Å². The van der Waals surface area contributed by atoms with Crippen molar-refractivity contribution >= 4 is 16.8 Å². The smallest absolute Gasteiger partial charge is 0.256 e. The second-order valence-corrected chi connectivity index (χ2v) is 6.10. The van der Waals surface area contributed by atoms with E-state index in [0.29, 0.717) is 37.0 Å². The standard InChI is InChI=1S/C18H18N4O3/c1-11-6-7-13-4-3-5-14(16(13)19-11)18(23)22-8-9-24-15(10-22)17-21-20-12(2)25-17/h3-7,15H,8-10H2,1-2H3/t15-/m0/s1. The summed E-state index contributed by atoms with van der Waals surface area (Å²) in [6, 6.07) is 9.59. The Kier molecular flexibility index (Phi) is 3.93. The zero-order chi connectivity index (χ0) is 17.4. The first kappa shape index (κ1) is 15.7. The van der Waals surface area contributed by atoms with Crippen molar-refractivity contribution in [2.45, 2.75) is 20.0 Å². The minimum Gasteiger partial charge on any atom is -0.423 e. The van der Waals surface area contributed by atoms with Crippen molar-refractivity contribution < 1.29 is 13.9 Å². The van der Waals surface area contributed by atoms with Gasteiger partial charge in [0.05, 0.1) is 24.2 Å². The van der Waals surface area contributed by atoms with Crippen molar-refractivity contribution in [1.82, 2.24) is 20.1 Å². The number of ether oxygens (including phenoxy) is 1. The zero-order valence-corrected chi connectivity index (χ0v) is 14.1. The molecule has 1 amide bonds. The molecule has 7 heteroatoms. The molecule has 7 nitrogen and oxygen atoms in total. The second-order valence-electron chi connectivity index (χ2n) is 6.10. The minimum absolute atomic E-state index is 0.0618. The predicted molar refractivity (Wildman–Crippen MR) is 90.1 cm³/mol. The van der Waals surface area contributed by atoms with Crippen molar-refractivity contribution in [3.63, 3.8) is 0 Å². The van der Waals surface area contributed by atoms with Gasteiger partial charge in [0.2, 0.25) is 11.8 Å². The third-order valence-corrected chi connectivity index (χ3v) is 4.26. The maximum Gasteiger partial charge on any atom is 0.256 e. The SMILES string of the molecule is Cc1ccc2cccc(C(=O)N3CCO[C@H](c4nnc(C)o4)C3)c2n1. The molecule has 0 aliphatic carbocycles. The number of pyridine rings is 1. The van der Waals surface area contributed by atoms with Crippen molar-refractivity contribution in [2.24, 2.45) is 0 Å². The van der Waals surface area contributed by atoms with Gasteiger partial charge in [0, 0.05) is 24.5 Å². The molecule has 128 valence electrons. The molecule has 1 fully saturated rings. The zero-order valence-electron chi connectivity index (χ0n) is 14.1. The number of hydrogen-bond acceptors (Lipinski definition) is 6. The molecule has 0 bridgehead atoms. The fourth-order valence-electron chi connectivity index (χ4n) is 3.01. The van der Waals surface area contributed by atoms with Gasteiger partial charge in [-0.1, -0.05) is 18.2 Å². The molecule has 1 aliphatic heterocycles. The van der Waals surface area contributed by atoms with E-state index in [1.807, 2.05) is 37.3 Å². The summed E-state index contributed by atoms with van der Waals surface area (Å²) in [5, 5.41) is 8.79. The number of benzene rings is 1. The van der Waals surface area contributed by atoms with Crippen LogP contribution in [0, 0.1) is 13.8 Å². The molecule has 0 radical (unpaired) electrons. The Balaban J connectivity index is 1.63. The van der Waals surface area contributed by atoms with E-state index in [9.17, 15) is 4.79 Å². The molecule has 3 aromatic rings. The summed E-state index contributed by atoms with van der Waals surface area (Å²) in [6.07, 6.45) is -0.399. The molecule has 1 atom stereocenters. The third-order valence-electron chi connectivity index (χ3n) is 4.26. The number of para-hydroxylation sites is 1. The van der Waals surface area contributed by atoms with Gasteiger partial charge in [-0.3, -0.25) is 9.78 Å². The molecular formula is C18H18N4O3. The fraction of sp³-hybridized carbons (Fsp3) is 0.333. The lowest BCUT2D eigenvalue weighted by Gasteiger charge is -2.31. The Hall–Kier alpha value is -2.80. The van der Waals surface area contributed by atoms with Gasteiger partial charge in [0.1, 0.15) is 0 Å². The van der Waals surface area contributed by atoms with Gasteiger partial charge < -0.3 is 14.1 Å². The average Bonchev–Trinajstić information content (AvgIpc) is 3.07. The number of carbonyl (C=O) groups is 1. The molecular weight excluding hydrogens is 320 g/mol. The fourth-order valence-corrected chi connectivity index (χ4v) is 3.01. The lowest BCUT2D eigenvalue weighted by molar-refractivity contribution is -0.0348. The van der Waals surface area contributed by atoms with Crippen LogP contribution >= 0.6 is 0 Å². The van der Waals surface area contributed by atoms with Crippen LogP contribution in [0.3, 0.4) is 0 Å². The van der Waals surface area contributed by atoms with Gasteiger partial charge in [-0.15, -0.1) is 10.2 Å². The maximum absolute atomic E-state index is 13.1. The number of carbonyl (C=O) groups excluding carboxylic acids is 1. The van der Waals surface area contributed by atoms with Crippen LogP contribution in [0.1, 0.15) is 33.9 Å². The minimum atomic E-state index is -0.399. The summed E-state index contributed by atoms with van der Waals surface area (Å²) in [5.74, 6) is 0.825. The Morgan fingerprint density at radius 2 is 2.08 bits per heavy atom. The largest absolute Gasteiger partial charge is 0.423 e. The van der Waals surface area contributed by atoms with Crippen LogP contribution in [-0.4, -0.2) is 45.7 Å². The van der Waals surface area contributed by atoms with E-state index in [4.69, 9.17) is 9.15 Å². The Labute approximate surface area is 144 Å². The first-order valence-corrected chi connectivity index (χ1v) is 8.19. The maximum atomic E-state index is 13.1. The predicted octanol–water partition coefficient (Wildman–Crippen LogP) is 2.45. The molecule has 1 aromatic carbocycles. The number of hydrogen-bond donors (Lipinski definition) is 0. The van der Waals surface area contributed by atoms with E-state index in [2.05, 4.69) is 15.2 Å². The molecule has 3 heterocycles. The summed E-state index contributed by atoms with van der Waals surface area (Å²) in [7, 11) is 0. The molecule has 0 saturated carbocycles. The number of aromatic nitrogens is 3. The Bertz CT molecular complexity index is 937. The van der Waals surface area contributed by atoms with Crippen LogP contribution < -0.4 is 0 Å². The van der Waals surface area contributed by atoms with Crippen molar-refractivity contribution in [1.29, 1.82) is 0 Å². The number of morpholine rings is 1. The molecule has 0 N–H and O–H groups in total. The van der Waals surface area contributed by atoms with E-state index in [-0.39, 0.29) is 5.91 Å². The first-order chi connectivity index (χ1) is 12.1. The lowest BCUT2D eigenvalue weighted by atomic mass is 10.1. The molecule has 1 saturated heterocycles. The van der Waals surface area contributed by atoms with Gasteiger partial charge >= 0.3 is 0 Å². The summed E-state index contributed by atoms with van der Waals surface area (Å²) >= 11 is 0. The highest BCUT2D eigenvalue weighted by Crippen LogP contribution is 2.24. The molecule has 4 rings (SSSR count). The van der Waals surface area contributed by atoms with E-state index in [1.54, 1.807) is 11.8 Å². The second kappa shape index (κ2) is 6.25. The number of rotatable bonds is 2. The quantitative estimate of drug-likeness (QED) is 0.714. The number of aryl methyl sites for hydroxylation is 2. The van der Waals surface area contributed by atoms with Gasteiger partial charge in [-0.25, -0.2) is 0 Å². The molecule has 2 aromatic heterocycles. The van der Waals surface area contributed by atoms with Crippen LogP contribution in [0.25, 0.3) is 10.9 Å². The summed E-state index contributed by atoms with van der Waals surface area (Å²) < 4.78 is 11.1. The summed E-state index contributed by atoms with van der Waals surface area (Å²) in [6.45, 7) is 4.97. The van der Waals surface area contributed by atoms with E-state index >= 15 is 0 Å². The number of fused-ring (bicyclic) bond motifs is 1. The van der Waals surface area contributed by atoms with Gasteiger partial charge in [-0.2, -0.15) is 0 Å². The highest BCUT2D eigenvalue weighted by molar-refractivity contribution is 6.05. The van der Waals surface area contributed by atoms with E-state index in [0.717, 1.165) is 16.6 Å². The topological polar surface area (TPSA) is 81.4 Å². The first-order valence-electron chi connectivity index (χ1n) is 8.19. The Morgan fingerprint density at radius 3 is 2.88 bits per heavy atom. The molecule has 1 aliphatic rings. The highest BCUT2D eigenvalue weighted by Gasteiger charge is 2.30. The van der Waals surface area contributed by atoms with Crippen molar-refractivity contribution in [2.75, 3.05) is 19.7 Å². The van der Waals surface area contributed by atoms with Crippen LogP contribution in [0.2, 0.25) is 0 Å². The average molecular weight is 338 g/mol. The van der Waals surface area contributed by atoms with Crippen molar-refractivity contribution in [3.8, 4) is 0 Å². The van der Waals surface area contributed by atoms with Gasteiger partial charge in [0.25, 0.3) is 5.91 Å². The summed E-state index contributed by atoms with van der Waals surface area (Å²) in [4.78, 5) is 19.4. The molecule has 0 unspecified atom stereocenters. The monoisotopic (exact) mass is 338 g/mol. The normalized spacial score (nSPS) is 17.8. The van der Waals surface area contributed by atoms with Crippen LogP contribution in [-0.2, 0) is 4.74 Å². The third kappa shape index (κ3) is 2.98. The van der Waals surface area contributed by atoms with Gasteiger partial charge in [0.15, 0.2) is 6.10 Å². The lowest BCUT2D eigenvalue weighted by Crippen LogP contribution is -2.42. The van der Waals surface area contributed by atoms with Crippen LogP contribution in [0.15, 0.2) is 34.7 Å². The summed E-state index contributed by atoms with van der Waals surface area (Å²) in [5.41, 5.74) is 2.21. The van der Waals surface area contributed by atoms with E-state index in [1.165, 1.54) is 0 Å². The van der Waals surface area contributed by atoms with Crippen LogP contribution in [0.4, 0.5) is 0 Å². The Morgan fingerprint density at radius 1 is 1.20 bits per heavy atom.